The van der Waals surface area contributed by atoms with Crippen LogP contribution in [0.25, 0.3) is 5.52 Å². The van der Waals surface area contributed by atoms with E-state index in [4.69, 9.17) is 4.18 Å². The van der Waals surface area contributed by atoms with Crippen LogP contribution in [-0.4, -0.2) is 41.9 Å². The lowest BCUT2D eigenvalue weighted by molar-refractivity contribution is 0.210. The number of aromatic nitrogens is 3. The van der Waals surface area contributed by atoms with Gasteiger partial charge in [0.2, 0.25) is 5.95 Å². The Morgan fingerprint density at radius 2 is 2.13 bits per heavy atom. The Kier molecular flexibility index (Phi) is 4.88. The molecule has 0 spiro atoms. The Balaban J connectivity index is 1.53. The molecule has 0 saturated heterocycles. The molecule has 0 unspecified atom stereocenters. The summed E-state index contributed by atoms with van der Waals surface area (Å²) in [6.45, 7) is 0.283. The summed E-state index contributed by atoms with van der Waals surface area (Å²) in [5.74, 6) is 0.906. The van der Waals surface area contributed by atoms with Gasteiger partial charge in [-0.2, -0.15) is 8.42 Å². The van der Waals surface area contributed by atoms with Crippen LogP contribution in [0.1, 0.15) is 25.7 Å². The lowest BCUT2D eigenvalue weighted by Gasteiger charge is -2.28. The number of hydrogen-bond acceptors (Lipinski definition) is 6. The number of nitrogens with zero attached hydrogens (tertiary/aromatic N) is 3. The van der Waals surface area contributed by atoms with Crippen LogP contribution in [0.3, 0.4) is 0 Å². The molecule has 7 nitrogen and oxygen atoms in total. The second kappa shape index (κ2) is 6.74. The molecule has 1 aliphatic rings. The first-order chi connectivity index (χ1) is 10.9. The Morgan fingerprint density at radius 1 is 1.39 bits per heavy atom. The van der Waals surface area contributed by atoms with Crippen molar-refractivity contribution >= 4 is 37.5 Å². The number of hydrogen-bond donors (Lipinski definition) is 1. The highest BCUT2D eigenvalue weighted by Crippen LogP contribution is 2.26. The molecule has 1 aliphatic carbocycles. The second-order valence-electron chi connectivity index (χ2n) is 5.93. The minimum absolute atomic E-state index is 0.283. The number of fused-ring (bicyclic) bond motifs is 1. The van der Waals surface area contributed by atoms with Crippen molar-refractivity contribution in [3.63, 3.8) is 0 Å². The molecule has 0 bridgehead atoms. The molecule has 126 valence electrons. The molecule has 0 atom stereocenters. The zero-order valence-electron chi connectivity index (χ0n) is 12.8. The fraction of sp³-hybridized carbons (Fsp3) is 0.571. The lowest BCUT2D eigenvalue weighted by Crippen LogP contribution is -2.29. The van der Waals surface area contributed by atoms with Gasteiger partial charge in [0.05, 0.1) is 24.6 Å². The smallest absolute Gasteiger partial charge is 0.264 e. The fourth-order valence-corrected chi connectivity index (χ4v) is 3.65. The van der Waals surface area contributed by atoms with Crippen molar-refractivity contribution in [3.8, 4) is 0 Å². The molecule has 2 aromatic heterocycles. The van der Waals surface area contributed by atoms with Gasteiger partial charge < -0.3 is 5.32 Å². The maximum absolute atomic E-state index is 11.0. The van der Waals surface area contributed by atoms with Crippen LogP contribution in [-0.2, 0) is 14.3 Å². The minimum atomic E-state index is -3.35. The van der Waals surface area contributed by atoms with E-state index in [9.17, 15) is 8.42 Å². The predicted molar refractivity (Wildman–Crippen MR) is 90.9 cm³/mol. The molecule has 0 aromatic carbocycles. The van der Waals surface area contributed by atoms with E-state index in [1.807, 2.05) is 12.3 Å². The summed E-state index contributed by atoms with van der Waals surface area (Å²) >= 11 is 3.45. The summed E-state index contributed by atoms with van der Waals surface area (Å²) in [4.78, 5) is 4.34. The van der Waals surface area contributed by atoms with Gasteiger partial charge in [0, 0.05) is 16.7 Å². The van der Waals surface area contributed by atoms with Gasteiger partial charge in [-0.15, -0.1) is 5.10 Å². The standard InChI is InChI=1S/C14H19BrN4O3S/c1-23(20,21)22-9-10-2-4-11(5-3-10)17-14-16-8-13-12(15)6-7-19(13)18-14/h6-8,10-11H,2-5,9H2,1H3,(H,17,18). The largest absolute Gasteiger partial charge is 0.350 e. The van der Waals surface area contributed by atoms with Crippen molar-refractivity contribution in [1.82, 2.24) is 14.6 Å². The molecule has 2 aromatic rings. The van der Waals surface area contributed by atoms with Gasteiger partial charge in [0.15, 0.2) is 0 Å². The van der Waals surface area contributed by atoms with Crippen LogP contribution >= 0.6 is 15.9 Å². The molecule has 0 radical (unpaired) electrons. The molecule has 9 heteroatoms. The average molecular weight is 403 g/mol. The highest BCUT2D eigenvalue weighted by atomic mass is 79.9. The van der Waals surface area contributed by atoms with Gasteiger partial charge in [-0.3, -0.25) is 4.18 Å². The lowest BCUT2D eigenvalue weighted by atomic mass is 9.87. The summed E-state index contributed by atoms with van der Waals surface area (Å²) in [6.07, 6.45) is 8.53. The van der Waals surface area contributed by atoms with Crippen molar-refractivity contribution in [3.05, 3.63) is 22.9 Å². The maximum atomic E-state index is 11.0. The van der Waals surface area contributed by atoms with Crippen molar-refractivity contribution in [2.45, 2.75) is 31.7 Å². The molecule has 1 N–H and O–H groups in total. The topological polar surface area (TPSA) is 85.6 Å². The molecular formula is C14H19BrN4O3S. The van der Waals surface area contributed by atoms with E-state index in [1.54, 1.807) is 10.7 Å². The van der Waals surface area contributed by atoms with E-state index in [0.29, 0.717) is 17.9 Å². The van der Waals surface area contributed by atoms with E-state index in [1.165, 1.54) is 0 Å². The first kappa shape index (κ1) is 16.7. The van der Waals surface area contributed by atoms with Gasteiger partial charge in [0.25, 0.3) is 10.1 Å². The summed E-state index contributed by atoms with van der Waals surface area (Å²) < 4.78 is 29.7. The molecule has 1 saturated carbocycles. The van der Waals surface area contributed by atoms with E-state index in [-0.39, 0.29) is 6.61 Å². The molecule has 0 aliphatic heterocycles. The van der Waals surface area contributed by atoms with Crippen LogP contribution in [0.5, 0.6) is 0 Å². The third kappa shape index (κ3) is 4.42. The van der Waals surface area contributed by atoms with Crippen LogP contribution < -0.4 is 5.32 Å². The average Bonchev–Trinajstić information content (AvgIpc) is 2.87. The van der Waals surface area contributed by atoms with E-state index in [0.717, 1.165) is 41.9 Å². The number of halogens is 1. The Morgan fingerprint density at radius 3 is 2.83 bits per heavy atom. The SMILES string of the molecule is CS(=O)(=O)OCC1CCC(Nc2ncc3c(Br)ccn3n2)CC1. The molecule has 2 heterocycles. The third-order valence-corrected chi connectivity index (χ3v) is 5.30. The summed E-state index contributed by atoms with van der Waals surface area (Å²) in [6, 6.07) is 2.24. The first-order valence-electron chi connectivity index (χ1n) is 7.51. The van der Waals surface area contributed by atoms with Gasteiger partial charge >= 0.3 is 0 Å². The maximum Gasteiger partial charge on any atom is 0.264 e. The molecular weight excluding hydrogens is 384 g/mol. The molecule has 1 fully saturated rings. The van der Waals surface area contributed by atoms with Crippen molar-refractivity contribution < 1.29 is 12.6 Å². The van der Waals surface area contributed by atoms with Gasteiger partial charge in [-0.25, -0.2) is 9.50 Å². The summed E-state index contributed by atoms with van der Waals surface area (Å²) in [7, 11) is -3.35. The fourth-order valence-electron chi connectivity index (χ4n) is 2.81. The highest BCUT2D eigenvalue weighted by molar-refractivity contribution is 9.10. The van der Waals surface area contributed by atoms with Crippen molar-refractivity contribution in [2.24, 2.45) is 5.92 Å². The normalized spacial score (nSPS) is 22.3. The quantitative estimate of drug-likeness (QED) is 0.772. The zero-order valence-corrected chi connectivity index (χ0v) is 15.2. The van der Waals surface area contributed by atoms with Gasteiger partial charge in [-0.05, 0) is 53.6 Å². The monoisotopic (exact) mass is 402 g/mol. The van der Waals surface area contributed by atoms with Crippen LogP contribution in [0.2, 0.25) is 0 Å². The number of nitrogens with one attached hydrogen (secondary N) is 1. The molecule has 3 rings (SSSR count). The van der Waals surface area contributed by atoms with E-state index < -0.39 is 10.1 Å². The predicted octanol–water partition coefficient (Wildman–Crippen LogP) is 2.44. The van der Waals surface area contributed by atoms with Crippen LogP contribution in [0, 0.1) is 5.92 Å². The Hall–Kier alpha value is -1.19. The molecule has 0 amide bonds. The molecule has 23 heavy (non-hydrogen) atoms. The van der Waals surface area contributed by atoms with Crippen molar-refractivity contribution in [1.29, 1.82) is 0 Å². The van der Waals surface area contributed by atoms with Crippen LogP contribution in [0.4, 0.5) is 5.95 Å². The minimum Gasteiger partial charge on any atom is -0.350 e. The number of rotatable bonds is 5. The van der Waals surface area contributed by atoms with Crippen LogP contribution in [0.15, 0.2) is 22.9 Å². The Bertz CT molecular complexity index is 784. The van der Waals surface area contributed by atoms with E-state index in [2.05, 4.69) is 31.3 Å². The van der Waals surface area contributed by atoms with E-state index >= 15 is 0 Å². The summed E-state index contributed by atoms with van der Waals surface area (Å²) in [5.41, 5.74) is 0.928. The third-order valence-electron chi connectivity index (χ3n) is 4.06. The Labute approximate surface area is 143 Å². The second-order valence-corrected chi connectivity index (χ2v) is 8.42. The zero-order chi connectivity index (χ0) is 16.4. The summed E-state index contributed by atoms with van der Waals surface area (Å²) in [5, 5.41) is 7.80. The number of anilines is 1. The highest BCUT2D eigenvalue weighted by Gasteiger charge is 2.23. The van der Waals surface area contributed by atoms with Crippen molar-refractivity contribution in [2.75, 3.05) is 18.2 Å². The first-order valence-corrected chi connectivity index (χ1v) is 10.1. The van der Waals surface area contributed by atoms with Gasteiger partial charge in [-0.1, -0.05) is 0 Å². The van der Waals surface area contributed by atoms with Gasteiger partial charge in [0.1, 0.15) is 0 Å².